The molecule has 0 aromatic heterocycles. The van der Waals surface area contributed by atoms with Crippen molar-refractivity contribution in [3.05, 3.63) is 68.6 Å². The van der Waals surface area contributed by atoms with E-state index in [1.54, 1.807) is 57.2 Å². The predicted molar refractivity (Wildman–Crippen MR) is 155 cm³/mol. The van der Waals surface area contributed by atoms with Crippen LogP contribution in [-0.2, 0) is 44.1 Å². The second-order valence-corrected chi connectivity index (χ2v) is 14.2. The molecule has 41 heavy (non-hydrogen) atoms. The van der Waals surface area contributed by atoms with Crippen molar-refractivity contribution in [2.45, 2.75) is 69.2 Å². The maximum absolute atomic E-state index is 13.6. The number of hydrogen-bond acceptors (Lipinski definition) is 10. The number of rotatable bonds is 8. The molecule has 0 spiro atoms. The Bertz CT molecular complexity index is 1290. The normalized spacial score (nSPS) is 23.1. The molecule has 2 aromatic rings. The number of carbonyl (C=O) groups is 4. The number of ether oxygens (including phenoxy) is 5. The molecule has 6 atom stereocenters. The Morgan fingerprint density at radius 3 is 1.68 bits per heavy atom. The number of halogens is 2. The standard InChI is InChI=1S/C28H30Br2O10S/c1-15(31)37-23-22(40-26(34)18-8-12-20(30)13-9-18)21(14-36-25(33)17-6-10-19(29)11-7-17)39-27(24(23)38-16(2)32)41(35)28(3,4)5/h6-13,21-24,27H,14H2,1-5H3/t21-,22-,23+,24-,27+,41-/m1/s1. The average Bonchev–Trinajstić information content (AvgIpc) is 2.89. The maximum atomic E-state index is 13.6. The predicted octanol–water partition coefficient (Wildman–Crippen LogP) is 4.73. The molecule has 1 saturated heterocycles. The summed E-state index contributed by atoms with van der Waals surface area (Å²) >= 11 is 6.61. The molecule has 0 unspecified atom stereocenters. The Kier molecular flexibility index (Phi) is 11.3. The van der Waals surface area contributed by atoms with Gasteiger partial charge in [-0.2, -0.15) is 0 Å². The highest BCUT2D eigenvalue weighted by molar-refractivity contribution is 9.10. The minimum Gasteiger partial charge on any atom is -0.459 e. The zero-order valence-electron chi connectivity index (χ0n) is 23.0. The van der Waals surface area contributed by atoms with Crippen molar-refractivity contribution in [2.24, 2.45) is 0 Å². The van der Waals surface area contributed by atoms with Crippen molar-refractivity contribution < 1.29 is 47.1 Å². The fourth-order valence-electron chi connectivity index (χ4n) is 3.92. The van der Waals surface area contributed by atoms with Crippen LogP contribution in [0, 0.1) is 0 Å². The van der Waals surface area contributed by atoms with Crippen LogP contribution in [0.3, 0.4) is 0 Å². The average molecular weight is 718 g/mol. The van der Waals surface area contributed by atoms with Crippen LogP contribution in [-0.4, -0.2) is 69.3 Å². The molecule has 0 amide bonds. The maximum Gasteiger partial charge on any atom is 0.338 e. The lowest BCUT2D eigenvalue weighted by Gasteiger charge is -2.45. The van der Waals surface area contributed by atoms with Gasteiger partial charge in [0.15, 0.2) is 23.7 Å². The highest BCUT2D eigenvalue weighted by Crippen LogP contribution is 2.34. The second-order valence-electron chi connectivity index (χ2n) is 10.1. The van der Waals surface area contributed by atoms with Gasteiger partial charge in [0.1, 0.15) is 12.7 Å². The van der Waals surface area contributed by atoms with Gasteiger partial charge in [0.05, 0.1) is 21.9 Å². The van der Waals surface area contributed by atoms with Crippen LogP contribution in [0.15, 0.2) is 57.5 Å². The zero-order valence-corrected chi connectivity index (χ0v) is 26.9. The molecule has 222 valence electrons. The summed E-state index contributed by atoms with van der Waals surface area (Å²) in [6.45, 7) is 6.89. The molecule has 1 heterocycles. The monoisotopic (exact) mass is 716 g/mol. The summed E-state index contributed by atoms with van der Waals surface area (Å²) in [5.74, 6) is -3.03. The third-order valence-corrected chi connectivity index (χ3v) is 8.86. The van der Waals surface area contributed by atoms with Crippen molar-refractivity contribution in [1.82, 2.24) is 0 Å². The van der Waals surface area contributed by atoms with Crippen molar-refractivity contribution in [2.75, 3.05) is 6.61 Å². The summed E-state index contributed by atoms with van der Waals surface area (Å²) in [5, 5.41) is 0. The van der Waals surface area contributed by atoms with Gasteiger partial charge in [0.2, 0.25) is 0 Å². The van der Waals surface area contributed by atoms with Crippen LogP contribution in [0.2, 0.25) is 0 Å². The summed E-state index contributed by atoms with van der Waals surface area (Å²) in [6.07, 6.45) is -5.50. The van der Waals surface area contributed by atoms with Crippen LogP contribution >= 0.6 is 31.9 Å². The number of hydrogen-bond donors (Lipinski definition) is 0. The minimum atomic E-state index is -1.83. The lowest BCUT2D eigenvalue weighted by Crippen LogP contribution is -2.64. The van der Waals surface area contributed by atoms with E-state index in [1.807, 2.05) is 0 Å². The molecule has 0 bridgehead atoms. The van der Waals surface area contributed by atoms with E-state index in [1.165, 1.54) is 12.1 Å². The molecule has 13 heteroatoms. The molecule has 0 saturated carbocycles. The van der Waals surface area contributed by atoms with Gasteiger partial charge in [0, 0.05) is 27.5 Å². The minimum absolute atomic E-state index is 0.171. The summed E-state index contributed by atoms with van der Waals surface area (Å²) in [4.78, 5) is 50.3. The Labute approximate surface area is 257 Å². The van der Waals surface area contributed by atoms with E-state index in [2.05, 4.69) is 31.9 Å². The first-order valence-corrected chi connectivity index (χ1v) is 15.3. The fraction of sp³-hybridized carbons (Fsp3) is 0.429. The largest absolute Gasteiger partial charge is 0.459 e. The van der Waals surface area contributed by atoms with Crippen molar-refractivity contribution in [3.63, 3.8) is 0 Å². The van der Waals surface area contributed by atoms with Gasteiger partial charge in [0.25, 0.3) is 0 Å². The van der Waals surface area contributed by atoms with Gasteiger partial charge < -0.3 is 23.7 Å². The molecule has 3 rings (SSSR count). The van der Waals surface area contributed by atoms with Crippen molar-refractivity contribution >= 4 is 66.5 Å². The molecular formula is C28H30Br2O10S. The molecule has 0 N–H and O–H groups in total. The lowest BCUT2D eigenvalue weighted by atomic mass is 9.99. The Morgan fingerprint density at radius 2 is 1.22 bits per heavy atom. The zero-order chi connectivity index (χ0) is 30.5. The Morgan fingerprint density at radius 1 is 0.756 bits per heavy atom. The SMILES string of the molecule is CC(=O)O[C@@H]1[C@@H](OC(C)=O)[C@H]([S@@](=O)C(C)(C)C)O[C@H](COC(=O)c2ccc(Br)cc2)[C@H]1OC(=O)c1ccc(Br)cc1. The molecule has 0 aliphatic carbocycles. The van der Waals surface area contributed by atoms with Crippen LogP contribution < -0.4 is 0 Å². The van der Waals surface area contributed by atoms with Crippen LogP contribution in [0.25, 0.3) is 0 Å². The highest BCUT2D eigenvalue weighted by atomic mass is 79.9. The highest BCUT2D eigenvalue weighted by Gasteiger charge is 2.55. The number of carbonyl (C=O) groups excluding carboxylic acids is 4. The van der Waals surface area contributed by atoms with Crippen molar-refractivity contribution in [1.29, 1.82) is 0 Å². The first-order valence-electron chi connectivity index (χ1n) is 12.5. The number of benzene rings is 2. The third-order valence-electron chi connectivity index (χ3n) is 5.79. The number of esters is 4. The van der Waals surface area contributed by atoms with Gasteiger partial charge in [-0.1, -0.05) is 31.9 Å². The Balaban J connectivity index is 2.02. The van der Waals surface area contributed by atoms with E-state index in [0.717, 1.165) is 22.8 Å². The molecule has 1 fully saturated rings. The summed E-state index contributed by atoms with van der Waals surface area (Å²) in [5.41, 5.74) is -0.899. The molecular weight excluding hydrogens is 688 g/mol. The van der Waals surface area contributed by atoms with E-state index in [4.69, 9.17) is 23.7 Å². The summed E-state index contributed by atoms with van der Waals surface area (Å²) in [6, 6.07) is 12.7. The first kappa shape index (κ1) is 32.9. The van der Waals surface area contributed by atoms with Gasteiger partial charge in [-0.25, -0.2) is 9.59 Å². The second kappa shape index (κ2) is 14.0. The first-order chi connectivity index (χ1) is 19.2. The van der Waals surface area contributed by atoms with Crippen LogP contribution in [0.4, 0.5) is 0 Å². The van der Waals surface area contributed by atoms with Gasteiger partial charge in [-0.05, 0) is 69.3 Å². The van der Waals surface area contributed by atoms with E-state index < -0.39 is 75.9 Å². The third kappa shape index (κ3) is 8.94. The molecule has 1 aliphatic rings. The van der Waals surface area contributed by atoms with Gasteiger partial charge in [-0.3, -0.25) is 13.8 Å². The van der Waals surface area contributed by atoms with E-state index in [9.17, 15) is 23.4 Å². The lowest BCUT2D eigenvalue weighted by molar-refractivity contribution is -0.229. The van der Waals surface area contributed by atoms with E-state index >= 15 is 0 Å². The van der Waals surface area contributed by atoms with E-state index in [-0.39, 0.29) is 11.1 Å². The van der Waals surface area contributed by atoms with Crippen LogP contribution in [0.5, 0.6) is 0 Å². The summed E-state index contributed by atoms with van der Waals surface area (Å²) in [7, 11) is -1.83. The smallest absolute Gasteiger partial charge is 0.338 e. The van der Waals surface area contributed by atoms with Crippen LogP contribution in [0.1, 0.15) is 55.3 Å². The molecule has 2 aromatic carbocycles. The molecule has 0 radical (unpaired) electrons. The molecule has 1 aliphatic heterocycles. The van der Waals surface area contributed by atoms with Gasteiger partial charge >= 0.3 is 23.9 Å². The Hall–Kier alpha value is -2.61. The van der Waals surface area contributed by atoms with Crippen molar-refractivity contribution in [3.8, 4) is 0 Å². The van der Waals surface area contributed by atoms with Gasteiger partial charge in [-0.15, -0.1) is 0 Å². The molecule has 10 nitrogen and oxygen atoms in total. The fourth-order valence-corrected chi connectivity index (χ4v) is 5.85. The topological polar surface area (TPSA) is 132 Å². The summed E-state index contributed by atoms with van der Waals surface area (Å²) < 4.78 is 42.7. The quantitative estimate of drug-likeness (QED) is 0.279. The van der Waals surface area contributed by atoms with E-state index in [0.29, 0.717) is 0 Å².